The van der Waals surface area contributed by atoms with Crippen molar-refractivity contribution in [1.29, 1.82) is 0 Å². The van der Waals surface area contributed by atoms with Crippen LogP contribution in [-0.4, -0.2) is 21.3 Å². The summed E-state index contributed by atoms with van der Waals surface area (Å²) in [5, 5.41) is 7.85. The van der Waals surface area contributed by atoms with Crippen LogP contribution in [0.2, 0.25) is 0 Å². The van der Waals surface area contributed by atoms with Crippen LogP contribution < -0.4 is 5.32 Å². The lowest BCUT2D eigenvalue weighted by Crippen LogP contribution is -2.22. The largest absolute Gasteiger partial charge is 0.306 e. The van der Waals surface area contributed by atoms with Crippen molar-refractivity contribution in [1.82, 2.24) is 20.1 Å². The molecule has 0 fully saturated rings. The molecule has 0 aromatic carbocycles. The van der Waals surface area contributed by atoms with E-state index in [1.807, 2.05) is 30.1 Å². The predicted molar refractivity (Wildman–Crippen MR) is 72.4 cm³/mol. The Morgan fingerprint density at radius 1 is 1.39 bits per heavy atom. The Hall–Kier alpha value is -1.68. The Labute approximate surface area is 108 Å². The van der Waals surface area contributed by atoms with E-state index in [0.717, 1.165) is 18.8 Å². The quantitative estimate of drug-likeness (QED) is 0.877. The number of nitrogens with one attached hydrogen (secondary N) is 1. The van der Waals surface area contributed by atoms with Gasteiger partial charge in [0.1, 0.15) is 0 Å². The molecule has 0 saturated carbocycles. The summed E-state index contributed by atoms with van der Waals surface area (Å²) in [5.41, 5.74) is 3.47. The highest BCUT2D eigenvalue weighted by atomic mass is 15.3. The van der Waals surface area contributed by atoms with Crippen molar-refractivity contribution in [3.8, 4) is 0 Å². The molecule has 2 heterocycles. The first-order chi connectivity index (χ1) is 8.76. The number of hydrogen-bond donors (Lipinski definition) is 1. The lowest BCUT2D eigenvalue weighted by Gasteiger charge is -2.18. The number of aryl methyl sites for hydroxylation is 2. The first-order valence-corrected chi connectivity index (χ1v) is 6.43. The van der Waals surface area contributed by atoms with Gasteiger partial charge in [-0.05, 0) is 32.0 Å². The molecule has 2 aromatic rings. The van der Waals surface area contributed by atoms with E-state index in [9.17, 15) is 0 Å². The Morgan fingerprint density at radius 2 is 2.22 bits per heavy atom. The van der Waals surface area contributed by atoms with E-state index in [1.54, 1.807) is 0 Å². The van der Waals surface area contributed by atoms with Gasteiger partial charge in [0.05, 0.1) is 12.2 Å². The van der Waals surface area contributed by atoms with Crippen LogP contribution in [0.15, 0.2) is 30.7 Å². The van der Waals surface area contributed by atoms with Gasteiger partial charge in [-0.1, -0.05) is 13.0 Å². The molecule has 0 amide bonds. The van der Waals surface area contributed by atoms with Crippen LogP contribution in [0.4, 0.5) is 0 Å². The maximum atomic E-state index is 4.37. The zero-order valence-electron chi connectivity index (χ0n) is 11.2. The predicted octanol–water partition coefficient (Wildman–Crippen LogP) is 2.31. The molecule has 0 saturated heterocycles. The molecular weight excluding hydrogens is 224 g/mol. The highest BCUT2D eigenvalue weighted by Crippen LogP contribution is 2.23. The van der Waals surface area contributed by atoms with E-state index in [1.165, 1.54) is 11.1 Å². The van der Waals surface area contributed by atoms with Crippen molar-refractivity contribution in [2.75, 3.05) is 6.54 Å². The highest BCUT2D eigenvalue weighted by Gasteiger charge is 2.16. The summed E-state index contributed by atoms with van der Waals surface area (Å²) in [7, 11) is 0. The molecule has 96 valence electrons. The first kappa shape index (κ1) is 12.8. The maximum absolute atomic E-state index is 4.37. The van der Waals surface area contributed by atoms with Crippen molar-refractivity contribution in [2.24, 2.45) is 0 Å². The van der Waals surface area contributed by atoms with Crippen LogP contribution in [0.1, 0.15) is 36.7 Å². The minimum Gasteiger partial charge on any atom is -0.306 e. The molecule has 4 heteroatoms. The van der Waals surface area contributed by atoms with Gasteiger partial charge in [0.2, 0.25) is 0 Å². The second-order valence-electron chi connectivity index (χ2n) is 4.30. The van der Waals surface area contributed by atoms with Crippen LogP contribution >= 0.6 is 0 Å². The molecule has 0 spiro atoms. The molecular formula is C14H20N4. The van der Waals surface area contributed by atoms with E-state index in [0.29, 0.717) is 0 Å². The van der Waals surface area contributed by atoms with Gasteiger partial charge in [0, 0.05) is 30.2 Å². The zero-order chi connectivity index (χ0) is 13.0. The summed E-state index contributed by atoms with van der Waals surface area (Å²) in [6, 6.07) is 4.28. The van der Waals surface area contributed by atoms with Crippen LogP contribution in [0.25, 0.3) is 0 Å². The number of rotatable bonds is 5. The van der Waals surface area contributed by atoms with Crippen molar-refractivity contribution in [3.63, 3.8) is 0 Å². The van der Waals surface area contributed by atoms with Crippen molar-refractivity contribution in [3.05, 3.63) is 47.5 Å². The molecule has 0 aliphatic heterocycles. The summed E-state index contributed by atoms with van der Waals surface area (Å²) < 4.78 is 1.95. The first-order valence-electron chi connectivity index (χ1n) is 6.43. The van der Waals surface area contributed by atoms with Crippen LogP contribution in [-0.2, 0) is 6.54 Å². The van der Waals surface area contributed by atoms with Crippen LogP contribution in [0, 0.1) is 6.92 Å². The smallest absolute Gasteiger partial charge is 0.0625 e. The van der Waals surface area contributed by atoms with Gasteiger partial charge < -0.3 is 5.32 Å². The van der Waals surface area contributed by atoms with Crippen LogP contribution in [0.5, 0.6) is 0 Å². The average molecular weight is 244 g/mol. The summed E-state index contributed by atoms with van der Waals surface area (Å²) in [4.78, 5) is 4.37. The van der Waals surface area contributed by atoms with E-state index in [2.05, 4.69) is 41.5 Å². The summed E-state index contributed by atoms with van der Waals surface area (Å²) in [5.74, 6) is 0. The minimum absolute atomic E-state index is 0.170. The number of hydrogen-bond acceptors (Lipinski definition) is 3. The van der Waals surface area contributed by atoms with E-state index >= 15 is 0 Å². The Bertz CT molecular complexity index is 504. The molecule has 2 aromatic heterocycles. The average Bonchev–Trinajstić information content (AvgIpc) is 2.85. The summed E-state index contributed by atoms with van der Waals surface area (Å²) >= 11 is 0. The number of aromatic nitrogens is 3. The van der Waals surface area contributed by atoms with Crippen molar-refractivity contribution in [2.45, 2.75) is 33.4 Å². The fourth-order valence-electron chi connectivity index (χ4n) is 2.11. The molecule has 2 rings (SSSR count). The van der Waals surface area contributed by atoms with Crippen molar-refractivity contribution < 1.29 is 0 Å². The van der Waals surface area contributed by atoms with Gasteiger partial charge in [0.25, 0.3) is 0 Å². The molecule has 0 aliphatic rings. The lowest BCUT2D eigenvalue weighted by molar-refractivity contribution is 0.620. The summed E-state index contributed by atoms with van der Waals surface area (Å²) in [6.45, 7) is 8.06. The van der Waals surface area contributed by atoms with Gasteiger partial charge in [0.15, 0.2) is 0 Å². The van der Waals surface area contributed by atoms with Crippen LogP contribution in [0.3, 0.4) is 0 Å². The molecule has 4 nitrogen and oxygen atoms in total. The number of nitrogens with zero attached hydrogens (tertiary/aromatic N) is 3. The molecule has 0 bridgehead atoms. The van der Waals surface area contributed by atoms with E-state index in [-0.39, 0.29) is 6.04 Å². The second-order valence-corrected chi connectivity index (χ2v) is 4.30. The molecule has 0 radical (unpaired) electrons. The highest BCUT2D eigenvalue weighted by molar-refractivity contribution is 5.31. The molecule has 1 unspecified atom stereocenters. The summed E-state index contributed by atoms with van der Waals surface area (Å²) in [6.07, 6.45) is 5.86. The van der Waals surface area contributed by atoms with Gasteiger partial charge in [-0.15, -0.1) is 0 Å². The molecule has 18 heavy (non-hydrogen) atoms. The van der Waals surface area contributed by atoms with Gasteiger partial charge >= 0.3 is 0 Å². The normalized spacial score (nSPS) is 12.6. The number of pyridine rings is 1. The monoisotopic (exact) mass is 244 g/mol. The fraction of sp³-hybridized carbons (Fsp3) is 0.429. The molecule has 1 N–H and O–H groups in total. The Balaban J connectivity index is 2.36. The third kappa shape index (κ3) is 2.59. The Kier molecular flexibility index (Phi) is 4.10. The molecule has 0 aliphatic carbocycles. The standard InChI is InChI=1S/C14H20N4/c1-4-15-14(12-9-17-18(5-2)10-12)13-7-6-8-16-11(13)3/h6-10,14-15H,4-5H2,1-3H3. The maximum Gasteiger partial charge on any atom is 0.0625 e. The second kappa shape index (κ2) is 5.78. The van der Waals surface area contributed by atoms with Gasteiger partial charge in [-0.25, -0.2) is 0 Å². The Morgan fingerprint density at radius 3 is 2.83 bits per heavy atom. The fourth-order valence-corrected chi connectivity index (χ4v) is 2.11. The zero-order valence-corrected chi connectivity index (χ0v) is 11.2. The third-order valence-electron chi connectivity index (χ3n) is 3.08. The van der Waals surface area contributed by atoms with Crippen molar-refractivity contribution >= 4 is 0 Å². The lowest BCUT2D eigenvalue weighted by atomic mass is 10.0. The van der Waals surface area contributed by atoms with E-state index < -0.39 is 0 Å². The van der Waals surface area contributed by atoms with Gasteiger partial charge in [-0.3, -0.25) is 9.67 Å². The molecule has 1 atom stereocenters. The minimum atomic E-state index is 0.170. The SMILES string of the molecule is CCNC(c1cnn(CC)c1)c1cccnc1C. The van der Waals surface area contributed by atoms with E-state index in [4.69, 9.17) is 0 Å². The van der Waals surface area contributed by atoms with Gasteiger partial charge in [-0.2, -0.15) is 5.10 Å². The topological polar surface area (TPSA) is 42.7 Å². The third-order valence-corrected chi connectivity index (χ3v) is 3.08.